The molecule has 1 aromatic heterocycles. The summed E-state index contributed by atoms with van der Waals surface area (Å²) in [6.07, 6.45) is 4.23. The van der Waals surface area contributed by atoms with Crippen molar-refractivity contribution in [3.63, 3.8) is 0 Å². The van der Waals surface area contributed by atoms with Crippen LogP contribution in [0, 0.1) is 6.92 Å². The molecule has 158 valence electrons. The number of aryl methyl sites for hydroxylation is 2. The minimum Gasteiger partial charge on any atom is -0.356 e. The molecule has 4 aromatic rings. The molecular formula is C27H27ClN2O. The predicted molar refractivity (Wildman–Crippen MR) is 129 cm³/mol. The Morgan fingerprint density at radius 3 is 2.45 bits per heavy atom. The van der Waals surface area contributed by atoms with Crippen molar-refractivity contribution in [1.82, 2.24) is 9.88 Å². The van der Waals surface area contributed by atoms with Crippen LogP contribution >= 0.6 is 11.6 Å². The van der Waals surface area contributed by atoms with Crippen molar-refractivity contribution < 1.29 is 4.79 Å². The summed E-state index contributed by atoms with van der Waals surface area (Å²) in [5.41, 5.74) is 6.21. The molecule has 0 atom stereocenters. The molecule has 0 saturated heterocycles. The SMILES string of the molecule is Cc1ccccc1Cn1cc(CCC(=O)NCCc2ccc(Cl)cc2)c2ccccc21. The van der Waals surface area contributed by atoms with E-state index in [1.54, 1.807) is 0 Å². The summed E-state index contributed by atoms with van der Waals surface area (Å²) in [6, 6.07) is 24.7. The lowest BCUT2D eigenvalue weighted by Gasteiger charge is -2.08. The van der Waals surface area contributed by atoms with E-state index >= 15 is 0 Å². The number of carbonyl (C=O) groups excluding carboxylic acids is 1. The third kappa shape index (κ3) is 5.36. The monoisotopic (exact) mass is 430 g/mol. The van der Waals surface area contributed by atoms with Gasteiger partial charge in [0, 0.05) is 41.6 Å². The first kappa shape index (κ1) is 21.2. The van der Waals surface area contributed by atoms with Gasteiger partial charge in [0.15, 0.2) is 0 Å². The molecule has 0 aliphatic rings. The highest BCUT2D eigenvalue weighted by molar-refractivity contribution is 6.30. The molecule has 0 unspecified atom stereocenters. The minimum atomic E-state index is 0.0877. The summed E-state index contributed by atoms with van der Waals surface area (Å²) in [5.74, 6) is 0.0877. The van der Waals surface area contributed by atoms with Gasteiger partial charge in [-0.3, -0.25) is 4.79 Å². The third-order valence-electron chi connectivity index (χ3n) is 5.74. The van der Waals surface area contributed by atoms with Crippen molar-refractivity contribution in [2.45, 2.75) is 32.7 Å². The van der Waals surface area contributed by atoms with Crippen LogP contribution in [-0.2, 0) is 24.2 Å². The highest BCUT2D eigenvalue weighted by Crippen LogP contribution is 2.24. The molecule has 0 saturated carbocycles. The van der Waals surface area contributed by atoms with Gasteiger partial charge in [0.2, 0.25) is 5.91 Å². The fourth-order valence-corrected chi connectivity index (χ4v) is 4.08. The van der Waals surface area contributed by atoms with Crippen LogP contribution in [0.25, 0.3) is 10.9 Å². The summed E-state index contributed by atoms with van der Waals surface area (Å²) in [7, 11) is 0. The van der Waals surface area contributed by atoms with Gasteiger partial charge in [-0.2, -0.15) is 0 Å². The number of para-hydroxylation sites is 1. The Hall–Kier alpha value is -3.04. The second kappa shape index (κ2) is 9.84. The second-order valence-corrected chi connectivity index (χ2v) is 8.39. The lowest BCUT2D eigenvalue weighted by atomic mass is 10.1. The van der Waals surface area contributed by atoms with Crippen LogP contribution in [0.2, 0.25) is 5.02 Å². The van der Waals surface area contributed by atoms with Crippen molar-refractivity contribution >= 4 is 28.4 Å². The first-order chi connectivity index (χ1) is 15.1. The number of hydrogen-bond acceptors (Lipinski definition) is 1. The average molecular weight is 431 g/mol. The highest BCUT2D eigenvalue weighted by Gasteiger charge is 2.11. The summed E-state index contributed by atoms with van der Waals surface area (Å²) >= 11 is 5.92. The second-order valence-electron chi connectivity index (χ2n) is 7.95. The van der Waals surface area contributed by atoms with Crippen LogP contribution in [0.5, 0.6) is 0 Å². The largest absolute Gasteiger partial charge is 0.356 e. The molecule has 31 heavy (non-hydrogen) atoms. The van der Waals surface area contributed by atoms with Crippen LogP contribution < -0.4 is 5.32 Å². The lowest BCUT2D eigenvalue weighted by Crippen LogP contribution is -2.25. The normalized spacial score (nSPS) is 11.0. The van der Waals surface area contributed by atoms with E-state index in [1.807, 2.05) is 24.3 Å². The summed E-state index contributed by atoms with van der Waals surface area (Å²) < 4.78 is 2.30. The number of halogens is 1. The van der Waals surface area contributed by atoms with Crippen molar-refractivity contribution in [3.05, 3.63) is 106 Å². The van der Waals surface area contributed by atoms with Gasteiger partial charge < -0.3 is 9.88 Å². The average Bonchev–Trinajstić information content (AvgIpc) is 3.13. The van der Waals surface area contributed by atoms with Crippen molar-refractivity contribution in [2.75, 3.05) is 6.54 Å². The number of nitrogens with zero attached hydrogens (tertiary/aromatic N) is 1. The molecule has 0 spiro atoms. The van der Waals surface area contributed by atoms with Crippen molar-refractivity contribution in [1.29, 1.82) is 0 Å². The van der Waals surface area contributed by atoms with E-state index < -0.39 is 0 Å². The fraction of sp³-hybridized carbons (Fsp3) is 0.222. The maximum atomic E-state index is 12.4. The first-order valence-corrected chi connectivity index (χ1v) is 11.1. The Morgan fingerprint density at radius 2 is 1.65 bits per heavy atom. The highest BCUT2D eigenvalue weighted by atomic mass is 35.5. The van der Waals surface area contributed by atoms with Gasteiger partial charge in [0.05, 0.1) is 0 Å². The van der Waals surface area contributed by atoms with Crippen LogP contribution in [0.1, 0.15) is 28.7 Å². The number of rotatable bonds is 8. The maximum Gasteiger partial charge on any atom is 0.220 e. The molecule has 1 amide bonds. The molecule has 0 aliphatic carbocycles. The zero-order valence-electron chi connectivity index (χ0n) is 17.8. The van der Waals surface area contributed by atoms with E-state index in [4.69, 9.17) is 11.6 Å². The smallest absolute Gasteiger partial charge is 0.220 e. The van der Waals surface area contributed by atoms with Gasteiger partial charge in [-0.15, -0.1) is 0 Å². The minimum absolute atomic E-state index is 0.0877. The Kier molecular flexibility index (Phi) is 6.73. The number of fused-ring (bicyclic) bond motifs is 1. The van der Waals surface area contributed by atoms with Gasteiger partial charge in [-0.05, 0) is 60.2 Å². The Bertz CT molecular complexity index is 1180. The number of hydrogen-bond donors (Lipinski definition) is 1. The first-order valence-electron chi connectivity index (χ1n) is 10.7. The number of nitrogens with one attached hydrogen (secondary N) is 1. The molecule has 1 heterocycles. The zero-order valence-corrected chi connectivity index (χ0v) is 18.5. The van der Waals surface area contributed by atoms with Crippen molar-refractivity contribution in [3.8, 4) is 0 Å². The number of benzene rings is 3. The van der Waals surface area contributed by atoms with Gasteiger partial charge in [0.25, 0.3) is 0 Å². The number of aromatic nitrogens is 1. The fourth-order valence-electron chi connectivity index (χ4n) is 3.96. The Balaban J connectivity index is 1.38. The van der Waals surface area contributed by atoms with Crippen molar-refractivity contribution in [2.24, 2.45) is 0 Å². The van der Waals surface area contributed by atoms with Crippen LogP contribution in [0.3, 0.4) is 0 Å². The number of amides is 1. The van der Waals surface area contributed by atoms with Crippen LogP contribution in [0.4, 0.5) is 0 Å². The molecule has 0 radical (unpaired) electrons. The molecular weight excluding hydrogens is 404 g/mol. The van der Waals surface area contributed by atoms with E-state index in [0.29, 0.717) is 13.0 Å². The van der Waals surface area contributed by atoms with E-state index in [1.165, 1.54) is 33.2 Å². The third-order valence-corrected chi connectivity index (χ3v) is 6.00. The zero-order chi connectivity index (χ0) is 21.6. The Morgan fingerprint density at radius 1 is 0.903 bits per heavy atom. The van der Waals surface area contributed by atoms with Gasteiger partial charge >= 0.3 is 0 Å². The van der Waals surface area contributed by atoms with Gasteiger partial charge in [0.1, 0.15) is 0 Å². The van der Waals surface area contributed by atoms with E-state index in [0.717, 1.165) is 24.4 Å². The molecule has 4 heteroatoms. The van der Waals surface area contributed by atoms with Gasteiger partial charge in [-0.1, -0.05) is 66.2 Å². The predicted octanol–water partition coefficient (Wildman–Crippen LogP) is 5.94. The topological polar surface area (TPSA) is 34.0 Å². The Labute approximate surface area is 188 Å². The maximum absolute atomic E-state index is 12.4. The molecule has 3 aromatic carbocycles. The van der Waals surface area contributed by atoms with E-state index in [2.05, 4.69) is 71.5 Å². The molecule has 0 aliphatic heterocycles. The van der Waals surface area contributed by atoms with Crippen LogP contribution in [0.15, 0.2) is 79.0 Å². The summed E-state index contributed by atoms with van der Waals surface area (Å²) in [5, 5.41) is 5.00. The standard InChI is InChI=1S/C27H27ClN2O/c1-20-6-2-3-7-22(20)18-30-19-23(25-8-4-5-9-26(25)30)12-15-27(31)29-17-16-21-10-13-24(28)14-11-21/h2-11,13-14,19H,12,15-18H2,1H3,(H,29,31). The van der Waals surface area contributed by atoms with E-state index in [-0.39, 0.29) is 5.91 Å². The molecule has 4 rings (SSSR count). The summed E-state index contributed by atoms with van der Waals surface area (Å²) in [4.78, 5) is 12.4. The number of carbonyl (C=O) groups is 1. The molecule has 0 bridgehead atoms. The molecule has 0 fully saturated rings. The summed E-state index contributed by atoms with van der Waals surface area (Å²) in [6.45, 7) is 3.62. The lowest BCUT2D eigenvalue weighted by molar-refractivity contribution is -0.121. The molecule has 3 nitrogen and oxygen atoms in total. The van der Waals surface area contributed by atoms with E-state index in [9.17, 15) is 4.79 Å². The quantitative estimate of drug-likeness (QED) is 0.368. The molecule has 1 N–H and O–H groups in total. The van der Waals surface area contributed by atoms with Crippen LogP contribution in [-0.4, -0.2) is 17.0 Å². The van der Waals surface area contributed by atoms with Gasteiger partial charge in [-0.25, -0.2) is 0 Å².